The van der Waals surface area contributed by atoms with E-state index >= 15 is 0 Å². The first kappa shape index (κ1) is 16.6. The number of likely N-dealkylation sites (N-methyl/N-ethyl adjacent to an activating group) is 1. The lowest BCUT2D eigenvalue weighted by Gasteiger charge is -2.33. The molecular formula is C19H23NO4. The van der Waals surface area contributed by atoms with Crippen molar-refractivity contribution in [1.82, 2.24) is 4.90 Å². The smallest absolute Gasteiger partial charge is 0.336 e. The minimum absolute atomic E-state index is 0.00880. The molecule has 0 aliphatic heterocycles. The highest BCUT2D eigenvalue weighted by Gasteiger charge is 2.24. The summed E-state index contributed by atoms with van der Waals surface area (Å²) in [5, 5.41) is 0.821. The normalized spacial score (nSPS) is 20.8. The van der Waals surface area contributed by atoms with E-state index in [1.807, 2.05) is 18.0 Å². The van der Waals surface area contributed by atoms with Gasteiger partial charge in [-0.25, -0.2) is 4.79 Å². The summed E-state index contributed by atoms with van der Waals surface area (Å²) in [5.41, 5.74) is 0.0593. The van der Waals surface area contributed by atoms with Crippen molar-refractivity contribution < 1.29 is 13.9 Å². The maximum atomic E-state index is 12.3. The van der Waals surface area contributed by atoms with E-state index in [-0.39, 0.29) is 12.5 Å². The van der Waals surface area contributed by atoms with Gasteiger partial charge in [-0.2, -0.15) is 0 Å². The molecule has 1 saturated carbocycles. The summed E-state index contributed by atoms with van der Waals surface area (Å²) in [6.07, 6.45) is 4.47. The fraction of sp³-hybridized carbons (Fsp3) is 0.474. The molecule has 0 unspecified atom stereocenters. The van der Waals surface area contributed by atoms with Crippen LogP contribution in [-0.2, 0) is 4.79 Å². The highest BCUT2D eigenvalue weighted by Crippen LogP contribution is 2.26. The first-order valence-electron chi connectivity index (χ1n) is 8.45. The van der Waals surface area contributed by atoms with Gasteiger partial charge in [-0.05, 0) is 49.8 Å². The van der Waals surface area contributed by atoms with Gasteiger partial charge < -0.3 is 14.1 Å². The molecule has 1 heterocycles. The second-order valence-electron chi connectivity index (χ2n) is 6.66. The molecular weight excluding hydrogens is 306 g/mol. The lowest BCUT2D eigenvalue weighted by molar-refractivity contribution is -0.134. The highest BCUT2D eigenvalue weighted by molar-refractivity contribution is 5.79. The standard InChI is InChI=1S/C19H23NO4/c1-13-3-7-15(8-4-13)20(2)18(21)12-23-16-9-5-14-6-10-19(22)24-17(14)11-16/h5-6,9-11,13,15H,3-4,7-8,12H2,1-2H3. The largest absolute Gasteiger partial charge is 0.484 e. The molecule has 0 radical (unpaired) electrons. The van der Waals surface area contributed by atoms with E-state index in [4.69, 9.17) is 9.15 Å². The average Bonchev–Trinajstić information content (AvgIpc) is 2.59. The summed E-state index contributed by atoms with van der Waals surface area (Å²) in [6, 6.07) is 8.63. The Bertz CT molecular complexity index is 774. The zero-order valence-corrected chi connectivity index (χ0v) is 14.2. The number of nitrogens with zero attached hydrogens (tertiary/aromatic N) is 1. The molecule has 1 aromatic heterocycles. The maximum Gasteiger partial charge on any atom is 0.336 e. The van der Waals surface area contributed by atoms with Crippen LogP contribution in [0.15, 0.2) is 39.5 Å². The van der Waals surface area contributed by atoms with Crippen LogP contribution in [-0.4, -0.2) is 30.5 Å². The summed E-state index contributed by atoms with van der Waals surface area (Å²) in [7, 11) is 1.85. The van der Waals surface area contributed by atoms with Gasteiger partial charge in [0.1, 0.15) is 11.3 Å². The molecule has 3 rings (SSSR count). The number of hydrogen-bond acceptors (Lipinski definition) is 4. The monoisotopic (exact) mass is 329 g/mol. The second kappa shape index (κ2) is 7.07. The molecule has 0 bridgehead atoms. The molecule has 5 nitrogen and oxygen atoms in total. The van der Waals surface area contributed by atoms with Gasteiger partial charge in [0.05, 0.1) is 0 Å². The van der Waals surface area contributed by atoms with Crippen LogP contribution in [0.3, 0.4) is 0 Å². The molecule has 0 atom stereocenters. The number of ether oxygens (including phenoxy) is 1. The molecule has 128 valence electrons. The predicted molar refractivity (Wildman–Crippen MR) is 92.2 cm³/mol. The Morgan fingerprint density at radius 2 is 1.92 bits per heavy atom. The quantitative estimate of drug-likeness (QED) is 0.808. The van der Waals surface area contributed by atoms with E-state index < -0.39 is 5.63 Å². The Kier molecular flexibility index (Phi) is 4.88. The molecule has 0 N–H and O–H groups in total. The number of carbonyl (C=O) groups is 1. The van der Waals surface area contributed by atoms with E-state index in [9.17, 15) is 9.59 Å². The van der Waals surface area contributed by atoms with Gasteiger partial charge in [-0.1, -0.05) is 6.92 Å². The lowest BCUT2D eigenvalue weighted by Crippen LogP contribution is -2.41. The fourth-order valence-corrected chi connectivity index (χ4v) is 3.21. The van der Waals surface area contributed by atoms with Crippen molar-refractivity contribution in [3.8, 4) is 5.75 Å². The zero-order valence-electron chi connectivity index (χ0n) is 14.2. The van der Waals surface area contributed by atoms with Gasteiger partial charge in [0.25, 0.3) is 5.91 Å². The van der Waals surface area contributed by atoms with Crippen molar-refractivity contribution >= 4 is 16.9 Å². The molecule has 5 heteroatoms. The molecule has 1 aromatic carbocycles. The molecule has 24 heavy (non-hydrogen) atoms. The van der Waals surface area contributed by atoms with Crippen LogP contribution in [0.4, 0.5) is 0 Å². The van der Waals surface area contributed by atoms with Gasteiger partial charge >= 0.3 is 5.63 Å². The van der Waals surface area contributed by atoms with Crippen LogP contribution in [0.25, 0.3) is 11.0 Å². The Morgan fingerprint density at radius 1 is 1.21 bits per heavy atom. The van der Waals surface area contributed by atoms with Gasteiger partial charge in [0, 0.05) is 30.6 Å². The molecule has 2 aromatic rings. The molecule has 0 spiro atoms. The van der Waals surface area contributed by atoms with E-state index in [2.05, 4.69) is 6.92 Å². The predicted octanol–water partition coefficient (Wildman–Crippen LogP) is 3.21. The van der Waals surface area contributed by atoms with Gasteiger partial charge in [-0.3, -0.25) is 4.79 Å². The van der Waals surface area contributed by atoms with Crippen LogP contribution in [0.2, 0.25) is 0 Å². The van der Waals surface area contributed by atoms with Crippen molar-refractivity contribution in [3.05, 3.63) is 40.8 Å². The molecule has 1 fully saturated rings. The molecule has 1 aliphatic carbocycles. The van der Waals surface area contributed by atoms with Crippen molar-refractivity contribution in [1.29, 1.82) is 0 Å². The summed E-state index contributed by atoms with van der Waals surface area (Å²) in [4.78, 5) is 25.4. The van der Waals surface area contributed by atoms with Crippen LogP contribution >= 0.6 is 0 Å². The van der Waals surface area contributed by atoms with E-state index in [0.717, 1.165) is 24.1 Å². The van der Waals surface area contributed by atoms with Crippen LogP contribution < -0.4 is 10.4 Å². The summed E-state index contributed by atoms with van der Waals surface area (Å²) in [6.45, 7) is 2.25. The third-order valence-corrected chi connectivity index (χ3v) is 4.88. The van der Waals surface area contributed by atoms with Crippen LogP contribution in [0.5, 0.6) is 5.75 Å². The van der Waals surface area contributed by atoms with E-state index in [1.54, 1.807) is 18.2 Å². The average molecular weight is 329 g/mol. The maximum absolute atomic E-state index is 12.3. The number of amides is 1. The second-order valence-corrected chi connectivity index (χ2v) is 6.66. The van der Waals surface area contributed by atoms with Crippen molar-refractivity contribution in [2.75, 3.05) is 13.7 Å². The summed E-state index contributed by atoms with van der Waals surface area (Å²) in [5.74, 6) is 1.26. The number of carbonyl (C=O) groups excluding carboxylic acids is 1. The van der Waals surface area contributed by atoms with E-state index in [1.165, 1.54) is 18.9 Å². The Hall–Kier alpha value is -2.30. The Balaban J connectivity index is 1.60. The summed E-state index contributed by atoms with van der Waals surface area (Å²) < 4.78 is 10.7. The van der Waals surface area contributed by atoms with E-state index in [0.29, 0.717) is 17.4 Å². The van der Waals surface area contributed by atoms with Gasteiger partial charge in [0.15, 0.2) is 6.61 Å². The van der Waals surface area contributed by atoms with Crippen molar-refractivity contribution in [3.63, 3.8) is 0 Å². The fourth-order valence-electron chi connectivity index (χ4n) is 3.21. The number of benzene rings is 1. The van der Waals surface area contributed by atoms with Crippen LogP contribution in [0.1, 0.15) is 32.6 Å². The number of rotatable bonds is 4. The van der Waals surface area contributed by atoms with Crippen molar-refractivity contribution in [2.45, 2.75) is 38.6 Å². The highest BCUT2D eigenvalue weighted by atomic mass is 16.5. The first-order chi connectivity index (χ1) is 11.5. The van der Waals surface area contributed by atoms with Gasteiger partial charge in [-0.15, -0.1) is 0 Å². The lowest BCUT2D eigenvalue weighted by atomic mass is 9.87. The molecule has 1 aliphatic rings. The zero-order chi connectivity index (χ0) is 17.1. The third kappa shape index (κ3) is 3.78. The SMILES string of the molecule is CC1CCC(N(C)C(=O)COc2ccc3ccc(=O)oc3c2)CC1. The third-order valence-electron chi connectivity index (χ3n) is 4.88. The Morgan fingerprint density at radius 3 is 2.67 bits per heavy atom. The number of fused-ring (bicyclic) bond motifs is 1. The van der Waals surface area contributed by atoms with Gasteiger partial charge in [0.2, 0.25) is 0 Å². The topological polar surface area (TPSA) is 59.8 Å². The minimum atomic E-state index is -0.401. The Labute approximate surface area is 141 Å². The number of hydrogen-bond donors (Lipinski definition) is 0. The van der Waals surface area contributed by atoms with Crippen molar-refractivity contribution in [2.24, 2.45) is 5.92 Å². The molecule has 1 amide bonds. The minimum Gasteiger partial charge on any atom is -0.484 e. The first-order valence-corrected chi connectivity index (χ1v) is 8.45. The summed E-state index contributed by atoms with van der Waals surface area (Å²) >= 11 is 0. The molecule has 0 saturated heterocycles. The van der Waals surface area contributed by atoms with Crippen LogP contribution in [0, 0.1) is 5.92 Å².